The maximum absolute atomic E-state index is 13.1. The van der Waals surface area contributed by atoms with Gasteiger partial charge in [0.2, 0.25) is 10.9 Å². The number of halogens is 1. The van der Waals surface area contributed by atoms with Crippen molar-refractivity contribution in [1.29, 1.82) is 0 Å². The number of fused-ring (bicyclic) bond motifs is 1. The first kappa shape index (κ1) is 29.1. The number of nitrogens with one attached hydrogen (secondary N) is 2. The van der Waals surface area contributed by atoms with Crippen LogP contribution in [0.3, 0.4) is 0 Å². The molecule has 1 aromatic heterocycles. The maximum Gasteiger partial charge on any atom is 0.262 e. The first-order valence-electron chi connectivity index (χ1n) is 12.8. The third-order valence-electron chi connectivity index (χ3n) is 6.09. The van der Waals surface area contributed by atoms with Crippen molar-refractivity contribution in [2.45, 2.75) is 0 Å². The molecule has 0 aliphatic carbocycles. The Balaban J connectivity index is 1.47. The van der Waals surface area contributed by atoms with E-state index < -0.39 is 22.6 Å². The molecule has 0 fully saturated rings. The first-order valence-corrected chi connectivity index (χ1v) is 14.0. The van der Waals surface area contributed by atoms with Crippen molar-refractivity contribution in [3.63, 3.8) is 0 Å². The van der Waals surface area contributed by atoms with Crippen LogP contribution in [0.1, 0.15) is 0 Å². The first-order chi connectivity index (χ1) is 20.8. The Morgan fingerprint density at radius 2 is 1.49 bits per heavy atom. The average molecular weight is 604 g/mol. The molecule has 13 heteroatoms. The molecule has 220 valence electrons. The molecule has 1 heterocycles. The molecule has 0 saturated carbocycles. The van der Waals surface area contributed by atoms with Crippen LogP contribution in [0.2, 0.25) is 0 Å². The Bertz CT molecular complexity index is 1820. The summed E-state index contributed by atoms with van der Waals surface area (Å²) < 4.78 is 55.7. The summed E-state index contributed by atoms with van der Waals surface area (Å²) in [5.74, 6) is 0.567. The Morgan fingerprint density at radius 1 is 0.814 bits per heavy atom. The highest BCUT2D eigenvalue weighted by Crippen LogP contribution is 2.35. The molecule has 1 amide bonds. The van der Waals surface area contributed by atoms with Crippen molar-refractivity contribution < 1.29 is 31.8 Å². The standard InChI is InChI=1S/C30H26FN5O6S/c1-40-24-15-21(16-25(17-24)41-2)33-29-30(35-27-9-4-3-8-26(27)34-29)36(43(38)39)22-7-5-6-20(14-22)32-28(37)18-42-23-12-10-19(31)11-13-23/h3-17,43H,18H2,1-2H3,(H,32,37)(H,33,34). The van der Waals surface area contributed by atoms with Crippen LogP contribution in [0.5, 0.6) is 17.2 Å². The third kappa shape index (κ3) is 7.08. The van der Waals surface area contributed by atoms with Gasteiger partial charge in [-0.1, -0.05) is 18.2 Å². The topological polar surface area (TPSA) is 132 Å². The number of hydrogen-bond acceptors (Lipinski definition) is 9. The van der Waals surface area contributed by atoms with Crippen LogP contribution >= 0.6 is 0 Å². The SMILES string of the molecule is COc1cc(Nc2nc3ccccc3nc2N(c2cccc(NC(=O)COc3ccc(F)cc3)c2)[SH](=O)=O)cc(OC)c1. The molecule has 43 heavy (non-hydrogen) atoms. The summed E-state index contributed by atoms with van der Waals surface area (Å²) in [7, 11) is -0.244. The number of thiol groups is 1. The van der Waals surface area contributed by atoms with Gasteiger partial charge in [-0.25, -0.2) is 27.1 Å². The van der Waals surface area contributed by atoms with Crippen molar-refractivity contribution in [2.75, 3.05) is 35.8 Å². The highest BCUT2D eigenvalue weighted by molar-refractivity contribution is 7.74. The van der Waals surface area contributed by atoms with E-state index in [0.717, 1.165) is 4.31 Å². The predicted molar refractivity (Wildman–Crippen MR) is 162 cm³/mol. The van der Waals surface area contributed by atoms with E-state index >= 15 is 0 Å². The van der Waals surface area contributed by atoms with Gasteiger partial charge in [-0.2, -0.15) is 0 Å². The summed E-state index contributed by atoms with van der Waals surface area (Å²) >= 11 is 0. The zero-order valence-electron chi connectivity index (χ0n) is 23.0. The van der Waals surface area contributed by atoms with Gasteiger partial charge >= 0.3 is 0 Å². The van der Waals surface area contributed by atoms with E-state index in [9.17, 15) is 17.6 Å². The fourth-order valence-electron chi connectivity index (χ4n) is 4.12. The number of benzene rings is 4. The molecule has 0 aliphatic rings. The number of amides is 1. The van der Waals surface area contributed by atoms with Crippen molar-refractivity contribution in [3.8, 4) is 17.2 Å². The number of nitrogens with zero attached hydrogens (tertiary/aromatic N) is 3. The van der Waals surface area contributed by atoms with Crippen molar-refractivity contribution >= 4 is 56.5 Å². The van der Waals surface area contributed by atoms with Crippen molar-refractivity contribution in [2.24, 2.45) is 0 Å². The third-order valence-corrected chi connectivity index (χ3v) is 6.84. The van der Waals surface area contributed by atoms with Gasteiger partial charge in [0.05, 0.1) is 30.9 Å². The Labute approximate surface area is 248 Å². The van der Waals surface area contributed by atoms with E-state index in [1.807, 2.05) is 0 Å². The molecule has 0 atom stereocenters. The molecule has 0 spiro atoms. The van der Waals surface area contributed by atoms with Gasteiger partial charge in [0, 0.05) is 29.6 Å². The number of carbonyl (C=O) groups excluding carboxylic acids is 1. The molecule has 11 nitrogen and oxygen atoms in total. The van der Waals surface area contributed by atoms with E-state index in [-0.39, 0.29) is 23.9 Å². The number of aromatic nitrogens is 2. The number of methoxy groups -OCH3 is 2. The summed E-state index contributed by atoms with van der Waals surface area (Å²) in [5.41, 5.74) is 2.03. The summed E-state index contributed by atoms with van der Waals surface area (Å²) in [6.45, 7) is -0.344. The minimum absolute atomic E-state index is 0.000262. The second-order valence-electron chi connectivity index (χ2n) is 9.00. The molecule has 0 saturated heterocycles. The van der Waals surface area contributed by atoms with Crippen LogP contribution in [0.25, 0.3) is 11.0 Å². The molecule has 5 aromatic rings. The molecule has 0 bridgehead atoms. The average Bonchev–Trinajstić information content (AvgIpc) is 3.01. The van der Waals surface area contributed by atoms with Crippen LogP contribution in [0, 0.1) is 5.82 Å². The lowest BCUT2D eigenvalue weighted by Crippen LogP contribution is -2.21. The van der Waals surface area contributed by atoms with Gasteiger partial charge in [-0.15, -0.1) is 0 Å². The number of carbonyl (C=O) groups is 1. The lowest BCUT2D eigenvalue weighted by Gasteiger charge is -2.21. The second-order valence-corrected chi connectivity index (χ2v) is 9.88. The van der Waals surface area contributed by atoms with Crippen LogP contribution in [-0.4, -0.2) is 45.1 Å². The Morgan fingerprint density at radius 3 is 2.14 bits per heavy atom. The van der Waals surface area contributed by atoms with Crippen molar-refractivity contribution in [1.82, 2.24) is 9.97 Å². The van der Waals surface area contributed by atoms with Gasteiger partial charge in [0.1, 0.15) is 23.1 Å². The maximum atomic E-state index is 13.1. The molecular formula is C30H26FN5O6S. The molecule has 4 aromatic carbocycles. The van der Waals surface area contributed by atoms with E-state index in [4.69, 9.17) is 14.2 Å². The van der Waals surface area contributed by atoms with Gasteiger partial charge in [-0.3, -0.25) is 4.79 Å². The Kier molecular flexibility index (Phi) is 8.82. The summed E-state index contributed by atoms with van der Waals surface area (Å²) in [6.07, 6.45) is 0. The number of para-hydroxylation sites is 2. The van der Waals surface area contributed by atoms with Crippen LogP contribution in [0.4, 0.5) is 33.1 Å². The molecular weight excluding hydrogens is 577 g/mol. The monoisotopic (exact) mass is 603 g/mol. The number of rotatable bonds is 11. The minimum Gasteiger partial charge on any atom is -0.497 e. The molecule has 0 unspecified atom stereocenters. The van der Waals surface area contributed by atoms with E-state index in [1.165, 1.54) is 44.6 Å². The minimum atomic E-state index is -3.28. The van der Waals surface area contributed by atoms with Gasteiger partial charge in [0.15, 0.2) is 18.2 Å². The van der Waals surface area contributed by atoms with Crippen LogP contribution in [-0.2, 0) is 15.7 Å². The van der Waals surface area contributed by atoms with Crippen LogP contribution < -0.4 is 29.1 Å². The lowest BCUT2D eigenvalue weighted by atomic mass is 10.2. The lowest BCUT2D eigenvalue weighted by molar-refractivity contribution is -0.118. The molecule has 0 radical (unpaired) electrons. The fraction of sp³-hybridized carbons (Fsp3) is 0.100. The van der Waals surface area contributed by atoms with E-state index in [1.54, 1.807) is 60.7 Å². The largest absolute Gasteiger partial charge is 0.497 e. The van der Waals surface area contributed by atoms with E-state index in [2.05, 4.69) is 20.6 Å². The summed E-state index contributed by atoms with van der Waals surface area (Å²) in [4.78, 5) is 21.9. The van der Waals surface area contributed by atoms with Gasteiger partial charge in [-0.05, 0) is 54.6 Å². The van der Waals surface area contributed by atoms with Gasteiger partial charge < -0.3 is 24.8 Å². The molecule has 0 aliphatic heterocycles. The summed E-state index contributed by atoms with van der Waals surface area (Å²) in [6, 6.07) is 23.6. The van der Waals surface area contributed by atoms with Crippen molar-refractivity contribution in [3.05, 3.63) is 96.8 Å². The zero-order chi connectivity index (χ0) is 30.3. The number of anilines is 5. The number of ether oxygens (including phenoxy) is 3. The summed E-state index contributed by atoms with van der Waals surface area (Å²) in [5, 5.41) is 5.83. The quantitative estimate of drug-likeness (QED) is 0.174. The smallest absolute Gasteiger partial charge is 0.262 e. The Hall–Kier alpha value is -5.43. The van der Waals surface area contributed by atoms with Crippen LogP contribution in [0.15, 0.2) is 91.0 Å². The molecule has 5 rings (SSSR count). The van der Waals surface area contributed by atoms with E-state index in [0.29, 0.717) is 39.7 Å². The normalized spacial score (nSPS) is 10.8. The highest BCUT2D eigenvalue weighted by Gasteiger charge is 2.21. The second kappa shape index (κ2) is 13.0. The predicted octanol–water partition coefficient (Wildman–Crippen LogP) is 5.21. The highest BCUT2D eigenvalue weighted by atomic mass is 32.2. The zero-order valence-corrected chi connectivity index (χ0v) is 23.9. The fourth-order valence-corrected chi connectivity index (χ4v) is 4.73. The van der Waals surface area contributed by atoms with Gasteiger partial charge in [0.25, 0.3) is 5.91 Å². The molecule has 2 N–H and O–H groups in total. The number of hydrogen-bond donors (Lipinski definition) is 3.